The average Bonchev–Trinajstić information content (AvgIpc) is 2.84. The molecule has 2 aromatic rings. The summed E-state index contributed by atoms with van der Waals surface area (Å²) in [6, 6.07) is 3.84. The second-order valence-electron chi connectivity index (χ2n) is 3.93. The maximum absolute atomic E-state index is 9.53. The molecule has 6 heteroatoms. The second kappa shape index (κ2) is 3.61. The van der Waals surface area contributed by atoms with E-state index in [2.05, 4.69) is 10.1 Å². The quantitative estimate of drug-likeness (QED) is 0.804. The summed E-state index contributed by atoms with van der Waals surface area (Å²) in [6.07, 6.45) is 2.33. The molecule has 0 amide bonds. The molecule has 0 bridgehead atoms. The first-order valence-electron chi connectivity index (χ1n) is 5.18. The Bertz CT molecular complexity index is 527. The van der Waals surface area contributed by atoms with Crippen molar-refractivity contribution in [1.82, 2.24) is 14.6 Å². The fourth-order valence-corrected chi connectivity index (χ4v) is 2.22. The molecule has 1 unspecified atom stereocenters. The molecule has 0 aliphatic carbocycles. The normalized spacial score (nSPS) is 20.9. The van der Waals surface area contributed by atoms with Crippen LogP contribution in [0.15, 0.2) is 18.3 Å². The van der Waals surface area contributed by atoms with E-state index in [1.807, 2.05) is 23.2 Å². The van der Waals surface area contributed by atoms with Crippen LogP contribution in [0.25, 0.3) is 5.52 Å². The first kappa shape index (κ1) is 9.86. The van der Waals surface area contributed by atoms with Crippen LogP contribution < -0.4 is 4.90 Å². The van der Waals surface area contributed by atoms with Crippen LogP contribution in [0.3, 0.4) is 0 Å². The van der Waals surface area contributed by atoms with Crippen LogP contribution in [-0.4, -0.2) is 38.9 Å². The van der Waals surface area contributed by atoms with E-state index >= 15 is 0 Å². The Hall–Kier alpha value is -1.33. The standard InChI is InChI=1S/C10H11ClN4O/c11-10-12-9(14-5-3-7(16)6-14)8-2-1-4-15(8)13-10/h1-2,4,7,16H,3,5-6H2. The smallest absolute Gasteiger partial charge is 0.243 e. The molecule has 1 atom stereocenters. The van der Waals surface area contributed by atoms with E-state index in [1.54, 1.807) is 4.52 Å². The highest BCUT2D eigenvalue weighted by Crippen LogP contribution is 2.24. The van der Waals surface area contributed by atoms with Gasteiger partial charge in [0.15, 0.2) is 5.82 Å². The van der Waals surface area contributed by atoms with Crippen molar-refractivity contribution in [2.24, 2.45) is 0 Å². The molecule has 0 radical (unpaired) electrons. The summed E-state index contributed by atoms with van der Waals surface area (Å²) in [7, 11) is 0. The van der Waals surface area contributed by atoms with Gasteiger partial charge in [0.05, 0.1) is 6.10 Å². The second-order valence-corrected chi connectivity index (χ2v) is 4.27. The van der Waals surface area contributed by atoms with Gasteiger partial charge in [0.1, 0.15) is 5.52 Å². The van der Waals surface area contributed by atoms with Crippen molar-refractivity contribution in [1.29, 1.82) is 0 Å². The highest BCUT2D eigenvalue weighted by Gasteiger charge is 2.23. The van der Waals surface area contributed by atoms with Gasteiger partial charge < -0.3 is 10.0 Å². The third-order valence-corrected chi connectivity index (χ3v) is 2.97. The number of rotatable bonds is 1. The van der Waals surface area contributed by atoms with Crippen LogP contribution in [0.5, 0.6) is 0 Å². The number of hydrogen-bond donors (Lipinski definition) is 1. The highest BCUT2D eigenvalue weighted by atomic mass is 35.5. The molecule has 1 fully saturated rings. The SMILES string of the molecule is OC1CCN(c2nc(Cl)nn3cccc23)C1. The Morgan fingerprint density at radius 3 is 3.12 bits per heavy atom. The molecule has 0 spiro atoms. The minimum Gasteiger partial charge on any atom is -0.391 e. The minimum atomic E-state index is -0.274. The van der Waals surface area contributed by atoms with E-state index in [-0.39, 0.29) is 11.4 Å². The Balaban J connectivity index is 2.11. The zero-order valence-corrected chi connectivity index (χ0v) is 9.30. The van der Waals surface area contributed by atoms with Gasteiger partial charge in [-0.25, -0.2) is 4.52 Å². The van der Waals surface area contributed by atoms with E-state index in [0.717, 1.165) is 24.3 Å². The zero-order chi connectivity index (χ0) is 11.1. The van der Waals surface area contributed by atoms with E-state index in [4.69, 9.17) is 11.6 Å². The third-order valence-electron chi connectivity index (χ3n) is 2.81. The number of halogens is 1. The van der Waals surface area contributed by atoms with Gasteiger partial charge >= 0.3 is 0 Å². The van der Waals surface area contributed by atoms with Crippen molar-refractivity contribution in [3.05, 3.63) is 23.6 Å². The molecular formula is C10H11ClN4O. The fraction of sp³-hybridized carbons (Fsp3) is 0.400. The van der Waals surface area contributed by atoms with Gasteiger partial charge in [0.25, 0.3) is 0 Å². The number of aliphatic hydroxyl groups is 1. The maximum atomic E-state index is 9.53. The van der Waals surface area contributed by atoms with Gasteiger partial charge in [-0.3, -0.25) is 0 Å². The van der Waals surface area contributed by atoms with E-state index in [9.17, 15) is 5.11 Å². The zero-order valence-electron chi connectivity index (χ0n) is 8.54. The summed E-state index contributed by atoms with van der Waals surface area (Å²) in [6.45, 7) is 1.41. The van der Waals surface area contributed by atoms with Crippen LogP contribution in [0, 0.1) is 0 Å². The predicted molar refractivity (Wildman–Crippen MR) is 60.8 cm³/mol. The Morgan fingerprint density at radius 2 is 2.38 bits per heavy atom. The van der Waals surface area contributed by atoms with Crippen molar-refractivity contribution in [2.45, 2.75) is 12.5 Å². The molecule has 1 N–H and O–H groups in total. The van der Waals surface area contributed by atoms with Crippen molar-refractivity contribution in [2.75, 3.05) is 18.0 Å². The van der Waals surface area contributed by atoms with Gasteiger partial charge in [-0.05, 0) is 30.2 Å². The predicted octanol–water partition coefficient (Wildman–Crippen LogP) is 0.954. The van der Waals surface area contributed by atoms with Crippen LogP contribution in [0.4, 0.5) is 5.82 Å². The molecule has 1 saturated heterocycles. The average molecular weight is 239 g/mol. The van der Waals surface area contributed by atoms with Gasteiger partial charge in [0.2, 0.25) is 5.28 Å². The van der Waals surface area contributed by atoms with Crippen molar-refractivity contribution < 1.29 is 5.11 Å². The lowest BCUT2D eigenvalue weighted by molar-refractivity contribution is 0.198. The lowest BCUT2D eigenvalue weighted by Crippen LogP contribution is -2.23. The summed E-state index contributed by atoms with van der Waals surface area (Å²) in [4.78, 5) is 6.27. The number of hydrogen-bond acceptors (Lipinski definition) is 4. The molecule has 1 aliphatic heterocycles. The molecule has 16 heavy (non-hydrogen) atoms. The molecular weight excluding hydrogens is 228 g/mol. The third kappa shape index (κ3) is 1.52. The molecule has 1 aliphatic rings. The van der Waals surface area contributed by atoms with Gasteiger partial charge in [-0.15, -0.1) is 5.10 Å². The molecule has 5 nitrogen and oxygen atoms in total. The largest absolute Gasteiger partial charge is 0.391 e. The molecule has 3 heterocycles. The molecule has 84 valence electrons. The van der Waals surface area contributed by atoms with Gasteiger partial charge in [-0.1, -0.05) is 0 Å². The number of aliphatic hydroxyl groups excluding tert-OH is 1. The molecule has 3 rings (SSSR count). The number of anilines is 1. The summed E-state index contributed by atoms with van der Waals surface area (Å²) < 4.78 is 1.70. The van der Waals surface area contributed by atoms with Gasteiger partial charge in [-0.2, -0.15) is 4.98 Å². The Labute approximate surface area is 97.3 Å². The first-order valence-corrected chi connectivity index (χ1v) is 5.56. The number of nitrogens with zero attached hydrogens (tertiary/aromatic N) is 4. The summed E-state index contributed by atoms with van der Waals surface area (Å²) in [5.41, 5.74) is 0.915. The monoisotopic (exact) mass is 238 g/mol. The van der Waals surface area contributed by atoms with Crippen molar-refractivity contribution in [3.63, 3.8) is 0 Å². The van der Waals surface area contributed by atoms with E-state index in [1.165, 1.54) is 0 Å². The van der Waals surface area contributed by atoms with Crippen LogP contribution >= 0.6 is 11.6 Å². The number of aromatic nitrogens is 3. The Kier molecular flexibility index (Phi) is 2.22. The van der Waals surface area contributed by atoms with E-state index < -0.39 is 0 Å². The molecule has 2 aromatic heterocycles. The highest BCUT2D eigenvalue weighted by molar-refractivity contribution is 6.28. The molecule has 0 saturated carbocycles. The summed E-state index contributed by atoms with van der Waals surface area (Å²) >= 11 is 5.86. The fourth-order valence-electron chi connectivity index (χ4n) is 2.06. The van der Waals surface area contributed by atoms with Gasteiger partial charge in [0, 0.05) is 19.3 Å². The maximum Gasteiger partial charge on any atom is 0.243 e. The van der Waals surface area contributed by atoms with Crippen LogP contribution in [0.2, 0.25) is 5.28 Å². The van der Waals surface area contributed by atoms with Crippen molar-refractivity contribution >= 4 is 22.9 Å². The van der Waals surface area contributed by atoms with Crippen LogP contribution in [0.1, 0.15) is 6.42 Å². The lowest BCUT2D eigenvalue weighted by atomic mass is 10.3. The summed E-state index contributed by atoms with van der Waals surface area (Å²) in [5, 5.41) is 13.8. The Morgan fingerprint density at radius 1 is 1.50 bits per heavy atom. The number of fused-ring (bicyclic) bond motifs is 1. The lowest BCUT2D eigenvalue weighted by Gasteiger charge is -2.17. The molecule has 0 aromatic carbocycles. The van der Waals surface area contributed by atoms with Crippen LogP contribution in [-0.2, 0) is 0 Å². The van der Waals surface area contributed by atoms with Crippen molar-refractivity contribution in [3.8, 4) is 0 Å². The topological polar surface area (TPSA) is 53.7 Å². The first-order chi connectivity index (χ1) is 7.74. The number of β-amino-alcohol motifs (C(OH)–C–C–N with tert-alkyl or cyclic N) is 1. The van der Waals surface area contributed by atoms with E-state index in [0.29, 0.717) is 6.54 Å². The minimum absolute atomic E-state index is 0.222. The summed E-state index contributed by atoms with van der Waals surface area (Å²) in [5.74, 6) is 0.793.